The number of unbranched alkanes of at least 4 members (excludes halogenated alkanes) is 2. The van der Waals surface area contributed by atoms with E-state index >= 15 is 0 Å². The Morgan fingerprint density at radius 2 is 1.91 bits per heavy atom. The Labute approximate surface area is 194 Å². The molecule has 0 amide bonds. The Morgan fingerprint density at radius 3 is 2.68 bits per heavy atom. The van der Waals surface area contributed by atoms with Crippen LogP contribution in [0.15, 0.2) is 52.0 Å². The van der Waals surface area contributed by atoms with E-state index in [0.717, 1.165) is 18.4 Å². The number of anilines is 3. The predicted molar refractivity (Wildman–Crippen MR) is 124 cm³/mol. The highest BCUT2D eigenvalue weighted by Gasteiger charge is 2.10. The van der Waals surface area contributed by atoms with Gasteiger partial charge in [0, 0.05) is 13.0 Å². The van der Waals surface area contributed by atoms with E-state index in [-0.39, 0.29) is 42.1 Å². The van der Waals surface area contributed by atoms with E-state index in [2.05, 4.69) is 30.8 Å². The summed E-state index contributed by atoms with van der Waals surface area (Å²) in [6.45, 7) is 0.852. The third kappa shape index (κ3) is 8.18. The second-order valence-corrected chi connectivity index (χ2v) is 7.03. The highest BCUT2D eigenvalue weighted by atomic mass is 16.6. The van der Waals surface area contributed by atoms with Gasteiger partial charge < -0.3 is 20.2 Å². The Morgan fingerprint density at radius 1 is 1.12 bits per heavy atom. The number of hydrogen-bond donors (Lipinski definition) is 3. The quantitative estimate of drug-likeness (QED) is 0.110. The zero-order valence-corrected chi connectivity index (χ0v) is 18.2. The summed E-state index contributed by atoms with van der Waals surface area (Å²) in [5.74, 6) is -0.0769. The molecule has 178 valence electrons. The number of nitro groups is 1. The average molecular weight is 468 g/mol. The lowest BCUT2D eigenvalue weighted by Gasteiger charge is -2.07. The molecular weight excluding hydrogens is 444 g/mol. The number of ether oxygens (including phenoxy) is 1. The maximum absolute atomic E-state index is 11.8. The number of nitrogens with one attached hydrogen (secondary N) is 2. The number of esters is 1. The maximum atomic E-state index is 11.8. The van der Waals surface area contributed by atoms with E-state index in [1.807, 2.05) is 30.3 Å². The number of furan rings is 1. The molecule has 0 saturated heterocycles. The van der Waals surface area contributed by atoms with Crippen LogP contribution in [0.25, 0.3) is 0 Å². The van der Waals surface area contributed by atoms with Crippen molar-refractivity contribution >= 4 is 35.9 Å². The van der Waals surface area contributed by atoms with E-state index in [0.29, 0.717) is 19.4 Å². The van der Waals surface area contributed by atoms with Gasteiger partial charge in [-0.25, -0.2) is 5.43 Å². The van der Waals surface area contributed by atoms with E-state index in [4.69, 9.17) is 14.9 Å². The molecule has 2 heterocycles. The minimum absolute atomic E-state index is 0.00926. The van der Waals surface area contributed by atoms with Gasteiger partial charge in [-0.05, 0) is 24.5 Å². The van der Waals surface area contributed by atoms with Crippen molar-refractivity contribution in [2.75, 3.05) is 23.0 Å². The van der Waals surface area contributed by atoms with E-state index in [1.165, 1.54) is 18.3 Å². The molecule has 13 heteroatoms. The lowest BCUT2D eigenvalue weighted by molar-refractivity contribution is -0.402. The minimum Gasteiger partial charge on any atom is -0.461 e. The summed E-state index contributed by atoms with van der Waals surface area (Å²) in [5, 5.41) is 17.5. The fraction of sp³-hybridized carbons (Fsp3) is 0.286. The smallest absolute Gasteiger partial charge is 0.433 e. The largest absolute Gasteiger partial charge is 0.461 e. The molecule has 2 aromatic heterocycles. The van der Waals surface area contributed by atoms with Crippen LogP contribution in [0.2, 0.25) is 0 Å². The molecule has 0 saturated carbocycles. The van der Waals surface area contributed by atoms with Crippen LogP contribution in [-0.4, -0.2) is 38.6 Å². The van der Waals surface area contributed by atoms with Crippen LogP contribution in [0.5, 0.6) is 0 Å². The number of rotatable bonds is 13. The predicted octanol–water partition coefficient (Wildman–Crippen LogP) is 3.12. The molecule has 0 spiro atoms. The van der Waals surface area contributed by atoms with Crippen LogP contribution in [0.3, 0.4) is 0 Å². The lowest BCUT2D eigenvalue weighted by Crippen LogP contribution is -2.10. The highest BCUT2D eigenvalue weighted by molar-refractivity contribution is 5.76. The van der Waals surface area contributed by atoms with Gasteiger partial charge in [0.25, 0.3) is 0 Å². The molecule has 0 bridgehead atoms. The van der Waals surface area contributed by atoms with Gasteiger partial charge in [-0.2, -0.15) is 20.1 Å². The maximum Gasteiger partial charge on any atom is 0.433 e. The fourth-order valence-corrected chi connectivity index (χ4v) is 2.77. The van der Waals surface area contributed by atoms with Crippen LogP contribution in [0.1, 0.15) is 37.0 Å². The van der Waals surface area contributed by atoms with Gasteiger partial charge >= 0.3 is 11.9 Å². The Balaban J connectivity index is 1.34. The van der Waals surface area contributed by atoms with Crippen molar-refractivity contribution in [3.63, 3.8) is 0 Å². The number of nitrogens with two attached hydrogens (primary N) is 1. The Bertz CT molecular complexity index is 1120. The molecule has 34 heavy (non-hydrogen) atoms. The molecule has 13 nitrogen and oxygen atoms in total. The van der Waals surface area contributed by atoms with Gasteiger partial charge in [0.05, 0.1) is 12.3 Å². The summed E-state index contributed by atoms with van der Waals surface area (Å²) >= 11 is 0. The second kappa shape index (κ2) is 12.5. The van der Waals surface area contributed by atoms with Gasteiger partial charge in [0.2, 0.25) is 17.8 Å². The number of carbonyl (C=O) groups is 1. The molecule has 1 aromatic carbocycles. The second-order valence-electron chi connectivity index (χ2n) is 7.03. The first-order valence-electron chi connectivity index (χ1n) is 10.5. The van der Waals surface area contributed by atoms with Crippen molar-refractivity contribution < 1.29 is 18.9 Å². The first kappa shape index (κ1) is 24.1. The summed E-state index contributed by atoms with van der Waals surface area (Å²) in [6.07, 6.45) is 3.91. The van der Waals surface area contributed by atoms with E-state index in [9.17, 15) is 14.9 Å². The highest BCUT2D eigenvalue weighted by Crippen LogP contribution is 2.14. The molecule has 0 atom stereocenters. The van der Waals surface area contributed by atoms with Crippen LogP contribution in [-0.2, 0) is 16.1 Å². The molecule has 3 rings (SSSR count). The summed E-state index contributed by atoms with van der Waals surface area (Å²) in [5.41, 5.74) is 9.22. The van der Waals surface area contributed by atoms with Crippen molar-refractivity contribution in [2.45, 2.75) is 32.3 Å². The molecule has 4 N–H and O–H groups in total. The Hall–Kier alpha value is -4.55. The molecule has 0 unspecified atom stereocenters. The summed E-state index contributed by atoms with van der Waals surface area (Å²) in [4.78, 5) is 33.9. The fourth-order valence-electron chi connectivity index (χ4n) is 2.77. The zero-order valence-electron chi connectivity index (χ0n) is 18.2. The van der Waals surface area contributed by atoms with Crippen LogP contribution in [0.4, 0.5) is 23.7 Å². The van der Waals surface area contributed by atoms with Crippen LogP contribution in [0, 0.1) is 10.1 Å². The van der Waals surface area contributed by atoms with Gasteiger partial charge in [-0.15, -0.1) is 0 Å². The summed E-state index contributed by atoms with van der Waals surface area (Å²) in [7, 11) is 0. The van der Waals surface area contributed by atoms with Crippen molar-refractivity contribution in [3.8, 4) is 0 Å². The SMILES string of the molecule is Nc1nc(NCCCCCC(=O)OCc2ccccc2)nc(N/N=C/c2ccc([N+](=O)[O-])o2)n1. The molecule has 0 aliphatic rings. The van der Waals surface area contributed by atoms with Gasteiger partial charge in [0.1, 0.15) is 11.5 Å². The number of hydrogen-bond acceptors (Lipinski definition) is 12. The van der Waals surface area contributed by atoms with Crippen molar-refractivity contribution in [1.29, 1.82) is 0 Å². The van der Waals surface area contributed by atoms with Gasteiger partial charge in [-0.1, -0.05) is 36.8 Å². The first-order valence-corrected chi connectivity index (χ1v) is 10.5. The summed E-state index contributed by atoms with van der Waals surface area (Å²) < 4.78 is 10.2. The third-order valence-corrected chi connectivity index (χ3v) is 4.39. The normalized spacial score (nSPS) is 10.8. The number of hydrazone groups is 1. The number of aromatic nitrogens is 3. The van der Waals surface area contributed by atoms with Gasteiger partial charge in [-0.3, -0.25) is 14.9 Å². The monoisotopic (exact) mass is 468 g/mol. The summed E-state index contributed by atoms with van der Waals surface area (Å²) in [6, 6.07) is 12.2. The number of carbonyl (C=O) groups excluding carboxylic acids is 1. The van der Waals surface area contributed by atoms with Crippen molar-refractivity contribution in [3.05, 3.63) is 63.9 Å². The molecular formula is C21H24N8O5. The topological polar surface area (TPSA) is 184 Å². The lowest BCUT2D eigenvalue weighted by atomic mass is 10.2. The van der Waals surface area contributed by atoms with Crippen LogP contribution < -0.4 is 16.5 Å². The average Bonchev–Trinajstić information content (AvgIpc) is 3.30. The van der Waals surface area contributed by atoms with Gasteiger partial charge in [0.15, 0.2) is 5.76 Å². The van der Waals surface area contributed by atoms with Crippen molar-refractivity contribution in [2.24, 2.45) is 5.10 Å². The molecule has 3 aromatic rings. The molecule has 0 fully saturated rings. The Kier molecular flexibility index (Phi) is 8.84. The molecule has 0 radical (unpaired) electrons. The first-order chi connectivity index (χ1) is 16.5. The number of nitrogen functional groups attached to an aromatic ring is 1. The number of benzene rings is 1. The number of nitrogens with zero attached hydrogens (tertiary/aromatic N) is 5. The van der Waals surface area contributed by atoms with E-state index < -0.39 is 4.92 Å². The van der Waals surface area contributed by atoms with E-state index in [1.54, 1.807) is 0 Å². The molecule has 0 aliphatic heterocycles. The third-order valence-electron chi connectivity index (χ3n) is 4.39. The van der Waals surface area contributed by atoms with Crippen LogP contribution >= 0.6 is 0 Å². The minimum atomic E-state index is -0.646. The zero-order chi connectivity index (χ0) is 24.2. The molecule has 0 aliphatic carbocycles. The van der Waals surface area contributed by atoms with Crippen molar-refractivity contribution in [1.82, 2.24) is 15.0 Å². The standard InChI is InChI=1S/C21H24N8O5/c22-19-25-20(27-21(26-19)28-24-13-16-10-11-17(34-16)29(31)32)23-12-6-2-5-9-18(30)33-14-15-7-3-1-4-8-15/h1,3-4,7-8,10-11,13H,2,5-6,9,12,14H2,(H4,22,23,25,26,27,28)/b24-13+.